The van der Waals surface area contributed by atoms with E-state index in [9.17, 15) is 4.79 Å². The maximum atomic E-state index is 12.8. The molecule has 5 rings (SSSR count). The van der Waals surface area contributed by atoms with Gasteiger partial charge in [-0.05, 0) is 68.8 Å². The molecule has 0 bridgehead atoms. The second-order valence-electron chi connectivity index (χ2n) is 9.90. The van der Waals surface area contributed by atoms with Gasteiger partial charge in [0.15, 0.2) is 0 Å². The van der Waals surface area contributed by atoms with E-state index in [1.54, 1.807) is 6.33 Å². The minimum absolute atomic E-state index is 0.0919. The van der Waals surface area contributed by atoms with Crippen LogP contribution in [-0.4, -0.2) is 84.8 Å². The Balaban J connectivity index is 1.14. The molecule has 1 aromatic heterocycles. The van der Waals surface area contributed by atoms with Crippen LogP contribution >= 0.6 is 0 Å². The number of likely N-dealkylation sites (tertiary alicyclic amines) is 1. The summed E-state index contributed by atoms with van der Waals surface area (Å²) in [6, 6.07) is 13.5. The summed E-state index contributed by atoms with van der Waals surface area (Å²) in [5.74, 6) is 2.55. The number of anilines is 2. The number of nitrogens with zero attached hydrogens (tertiary/aromatic N) is 5. The van der Waals surface area contributed by atoms with Crippen LogP contribution in [0, 0.1) is 0 Å². The number of aromatic nitrogens is 2. The minimum atomic E-state index is -0.0919. The minimum Gasteiger partial charge on any atom is -0.494 e. The van der Waals surface area contributed by atoms with Gasteiger partial charge >= 0.3 is 6.03 Å². The topological polar surface area (TPSA) is 83.1 Å². The zero-order chi connectivity index (χ0) is 26.2. The summed E-state index contributed by atoms with van der Waals surface area (Å²) >= 11 is 0. The van der Waals surface area contributed by atoms with Crippen molar-refractivity contribution in [1.29, 1.82) is 0 Å². The Kier molecular flexibility index (Phi) is 8.75. The highest BCUT2D eigenvalue weighted by Crippen LogP contribution is 2.27. The van der Waals surface area contributed by atoms with E-state index in [1.165, 1.54) is 32.4 Å². The summed E-state index contributed by atoms with van der Waals surface area (Å²) in [6.45, 7) is 9.40. The van der Waals surface area contributed by atoms with Crippen molar-refractivity contribution in [2.75, 3.05) is 69.2 Å². The van der Waals surface area contributed by atoms with Crippen molar-refractivity contribution in [3.8, 4) is 11.5 Å². The molecule has 2 fully saturated rings. The zero-order valence-electron chi connectivity index (χ0n) is 22.3. The molecule has 0 saturated carbocycles. The smallest absolute Gasteiger partial charge is 0.321 e. The van der Waals surface area contributed by atoms with Crippen LogP contribution in [0.4, 0.5) is 16.3 Å². The fourth-order valence-corrected chi connectivity index (χ4v) is 5.02. The Morgan fingerprint density at radius 1 is 0.868 bits per heavy atom. The van der Waals surface area contributed by atoms with Crippen molar-refractivity contribution >= 4 is 28.4 Å². The Hall–Kier alpha value is -3.59. The van der Waals surface area contributed by atoms with Gasteiger partial charge in [0.1, 0.15) is 30.3 Å². The zero-order valence-corrected chi connectivity index (χ0v) is 22.3. The fraction of sp³-hybridized carbons (Fsp3) is 0.483. The molecule has 9 heteroatoms. The van der Waals surface area contributed by atoms with E-state index in [1.807, 2.05) is 47.4 Å². The molecule has 2 aliphatic rings. The number of fused-ring (bicyclic) bond motifs is 1. The van der Waals surface area contributed by atoms with Crippen LogP contribution in [0.5, 0.6) is 11.5 Å². The lowest BCUT2D eigenvalue weighted by Crippen LogP contribution is -2.50. The van der Waals surface area contributed by atoms with E-state index in [0.717, 1.165) is 46.9 Å². The molecule has 2 aliphatic heterocycles. The van der Waals surface area contributed by atoms with Crippen LogP contribution in [0.15, 0.2) is 48.8 Å². The first-order chi connectivity index (χ1) is 18.7. The number of piperazine rings is 1. The molecular weight excluding hydrogens is 480 g/mol. The maximum absolute atomic E-state index is 12.8. The molecule has 0 spiro atoms. The summed E-state index contributed by atoms with van der Waals surface area (Å²) < 4.78 is 11.7. The largest absolute Gasteiger partial charge is 0.494 e. The summed E-state index contributed by atoms with van der Waals surface area (Å²) in [5, 5.41) is 3.99. The van der Waals surface area contributed by atoms with Crippen molar-refractivity contribution in [3.05, 3.63) is 48.8 Å². The van der Waals surface area contributed by atoms with Crippen LogP contribution in [0.1, 0.15) is 32.6 Å². The van der Waals surface area contributed by atoms with Gasteiger partial charge in [-0.1, -0.05) is 13.3 Å². The van der Waals surface area contributed by atoms with Crippen molar-refractivity contribution in [2.45, 2.75) is 32.6 Å². The number of amides is 2. The number of hydrogen-bond acceptors (Lipinski definition) is 7. The number of hydrogen-bond donors (Lipinski definition) is 1. The third kappa shape index (κ3) is 6.64. The van der Waals surface area contributed by atoms with Crippen molar-refractivity contribution in [2.24, 2.45) is 0 Å². The van der Waals surface area contributed by atoms with E-state index in [4.69, 9.17) is 9.47 Å². The fourth-order valence-electron chi connectivity index (χ4n) is 5.02. The van der Waals surface area contributed by atoms with Crippen LogP contribution < -0.4 is 19.7 Å². The van der Waals surface area contributed by atoms with Crippen LogP contribution in [0.25, 0.3) is 10.9 Å². The van der Waals surface area contributed by atoms with Gasteiger partial charge in [-0.3, -0.25) is 4.90 Å². The average Bonchev–Trinajstić information content (AvgIpc) is 2.97. The number of carbonyl (C=O) groups is 1. The quantitative estimate of drug-likeness (QED) is 0.442. The summed E-state index contributed by atoms with van der Waals surface area (Å²) in [7, 11) is 0. The van der Waals surface area contributed by atoms with Gasteiger partial charge in [-0.25, -0.2) is 14.8 Å². The number of nitrogens with one attached hydrogen (secondary N) is 1. The standard InChI is InChI=1S/C29H38N6O3/c1-2-19-37-24-8-6-23(7-9-24)32-29(36)35-16-14-34(15-17-35)28-26-11-10-25(21-27(26)30-22-31-28)38-20-18-33-12-4-3-5-13-33/h6-11,21-22H,2-5,12-20H2,1H3,(H,32,36). The third-order valence-corrected chi connectivity index (χ3v) is 7.16. The highest BCUT2D eigenvalue weighted by atomic mass is 16.5. The molecule has 38 heavy (non-hydrogen) atoms. The number of ether oxygens (including phenoxy) is 2. The highest BCUT2D eigenvalue weighted by Gasteiger charge is 2.23. The van der Waals surface area contributed by atoms with E-state index in [-0.39, 0.29) is 6.03 Å². The summed E-state index contributed by atoms with van der Waals surface area (Å²) in [5.41, 5.74) is 1.63. The van der Waals surface area contributed by atoms with E-state index in [0.29, 0.717) is 39.4 Å². The van der Waals surface area contributed by atoms with E-state index >= 15 is 0 Å². The number of piperidine rings is 1. The van der Waals surface area contributed by atoms with Crippen LogP contribution in [0.2, 0.25) is 0 Å². The van der Waals surface area contributed by atoms with E-state index in [2.05, 4.69) is 32.0 Å². The molecule has 1 N–H and O–H groups in total. The van der Waals surface area contributed by atoms with Gasteiger partial charge in [-0.15, -0.1) is 0 Å². The monoisotopic (exact) mass is 518 g/mol. The van der Waals surface area contributed by atoms with Gasteiger partial charge in [0.05, 0.1) is 12.1 Å². The third-order valence-electron chi connectivity index (χ3n) is 7.16. The molecule has 202 valence electrons. The lowest BCUT2D eigenvalue weighted by atomic mass is 10.1. The second-order valence-corrected chi connectivity index (χ2v) is 9.90. The van der Waals surface area contributed by atoms with Gasteiger partial charge in [0.25, 0.3) is 0 Å². The maximum Gasteiger partial charge on any atom is 0.321 e. The second kappa shape index (κ2) is 12.8. The molecule has 3 heterocycles. The first-order valence-electron chi connectivity index (χ1n) is 13.8. The van der Waals surface area contributed by atoms with Crippen LogP contribution in [-0.2, 0) is 0 Å². The normalized spacial score (nSPS) is 16.4. The Bertz CT molecular complexity index is 1190. The van der Waals surface area contributed by atoms with Gasteiger partial charge in [0, 0.05) is 49.9 Å². The lowest BCUT2D eigenvalue weighted by Gasteiger charge is -2.35. The van der Waals surface area contributed by atoms with Gasteiger partial charge < -0.3 is 24.6 Å². The molecule has 0 radical (unpaired) electrons. The number of carbonyl (C=O) groups excluding carboxylic acids is 1. The first kappa shape index (κ1) is 26.0. The number of benzene rings is 2. The summed E-state index contributed by atoms with van der Waals surface area (Å²) in [6.07, 6.45) is 6.50. The van der Waals surface area contributed by atoms with Crippen molar-refractivity contribution in [1.82, 2.24) is 19.8 Å². The predicted octanol–water partition coefficient (Wildman–Crippen LogP) is 4.64. The molecule has 0 aliphatic carbocycles. The molecule has 0 unspecified atom stereocenters. The Morgan fingerprint density at radius 3 is 2.37 bits per heavy atom. The average molecular weight is 519 g/mol. The van der Waals surface area contributed by atoms with Crippen molar-refractivity contribution < 1.29 is 14.3 Å². The molecule has 2 saturated heterocycles. The SMILES string of the molecule is CCCOc1ccc(NC(=O)N2CCN(c3ncnc4cc(OCCN5CCCCC5)ccc34)CC2)cc1. The van der Waals surface area contributed by atoms with Crippen LogP contribution in [0.3, 0.4) is 0 Å². The molecule has 0 atom stereocenters. The number of urea groups is 1. The summed E-state index contributed by atoms with van der Waals surface area (Å²) in [4.78, 5) is 28.5. The van der Waals surface area contributed by atoms with Gasteiger partial charge in [0.2, 0.25) is 0 Å². The molecule has 2 aromatic carbocycles. The van der Waals surface area contributed by atoms with E-state index < -0.39 is 0 Å². The molecule has 2 amide bonds. The Labute approximate surface area is 224 Å². The predicted molar refractivity (Wildman–Crippen MR) is 150 cm³/mol. The van der Waals surface area contributed by atoms with Gasteiger partial charge in [-0.2, -0.15) is 0 Å². The lowest BCUT2D eigenvalue weighted by molar-refractivity contribution is 0.183. The number of rotatable bonds is 9. The Morgan fingerprint density at radius 2 is 1.61 bits per heavy atom. The van der Waals surface area contributed by atoms with Crippen molar-refractivity contribution in [3.63, 3.8) is 0 Å². The molecule has 9 nitrogen and oxygen atoms in total. The highest BCUT2D eigenvalue weighted by molar-refractivity contribution is 5.91. The molecule has 3 aromatic rings. The first-order valence-corrected chi connectivity index (χ1v) is 13.8. The molecular formula is C29H38N6O3.